The van der Waals surface area contributed by atoms with Crippen LogP contribution in [0.5, 0.6) is 0 Å². The van der Waals surface area contributed by atoms with E-state index in [0.29, 0.717) is 24.5 Å². The van der Waals surface area contributed by atoms with E-state index in [2.05, 4.69) is 26.3 Å². The number of rotatable bonds is 6. The van der Waals surface area contributed by atoms with Crippen molar-refractivity contribution in [2.45, 2.75) is 18.4 Å². The van der Waals surface area contributed by atoms with E-state index in [4.69, 9.17) is 5.73 Å². The summed E-state index contributed by atoms with van der Waals surface area (Å²) in [4.78, 5) is 23.6. The summed E-state index contributed by atoms with van der Waals surface area (Å²) in [6.07, 6.45) is 11.6. The summed E-state index contributed by atoms with van der Waals surface area (Å²) in [6.45, 7) is 2.12. The van der Waals surface area contributed by atoms with Crippen LogP contribution >= 0.6 is 0 Å². The molecule has 1 aromatic carbocycles. The lowest BCUT2D eigenvalue weighted by molar-refractivity contribution is 0.0952. The highest BCUT2D eigenvalue weighted by Gasteiger charge is 2.49. The molecule has 1 aromatic rings. The van der Waals surface area contributed by atoms with E-state index in [9.17, 15) is 4.79 Å². The first-order valence-corrected chi connectivity index (χ1v) is 9.25. The van der Waals surface area contributed by atoms with Crippen LogP contribution in [-0.2, 0) is 0 Å². The van der Waals surface area contributed by atoms with Gasteiger partial charge in [0.25, 0.3) is 5.91 Å². The van der Waals surface area contributed by atoms with Crippen LogP contribution in [0.25, 0.3) is 0 Å². The molecule has 2 aliphatic heterocycles. The van der Waals surface area contributed by atoms with Crippen molar-refractivity contribution in [1.29, 1.82) is 0 Å². The third kappa shape index (κ3) is 3.13. The van der Waals surface area contributed by atoms with E-state index in [1.54, 1.807) is 6.21 Å². The van der Waals surface area contributed by atoms with Crippen molar-refractivity contribution in [2.24, 2.45) is 15.7 Å². The average molecular weight is 361 g/mol. The monoisotopic (exact) mass is 361 g/mol. The molecule has 0 saturated carbocycles. The highest BCUT2D eigenvalue weighted by atomic mass is 16.1. The molecular weight excluding hydrogens is 338 g/mol. The van der Waals surface area contributed by atoms with Crippen LogP contribution in [0.4, 0.5) is 0 Å². The van der Waals surface area contributed by atoms with Crippen LogP contribution in [0.15, 0.2) is 76.0 Å². The van der Waals surface area contributed by atoms with Crippen molar-refractivity contribution in [3.63, 3.8) is 0 Å². The van der Waals surface area contributed by atoms with Gasteiger partial charge in [0.15, 0.2) is 0 Å². The number of unbranched alkanes of at least 4 members (excludes halogenated alkanes) is 1. The van der Waals surface area contributed by atoms with Gasteiger partial charge in [-0.1, -0.05) is 24.3 Å². The van der Waals surface area contributed by atoms with E-state index >= 15 is 0 Å². The van der Waals surface area contributed by atoms with Crippen LogP contribution in [0.3, 0.4) is 0 Å². The maximum atomic E-state index is 12.1. The Morgan fingerprint density at radius 3 is 2.93 bits per heavy atom. The predicted molar refractivity (Wildman–Crippen MR) is 108 cm³/mol. The van der Waals surface area contributed by atoms with Crippen molar-refractivity contribution >= 4 is 17.8 Å². The number of nitrogens with one attached hydrogen (secondary N) is 1. The summed E-state index contributed by atoms with van der Waals surface area (Å²) in [5, 5.41) is 2.98. The van der Waals surface area contributed by atoms with Crippen LogP contribution in [0.2, 0.25) is 0 Å². The zero-order valence-electron chi connectivity index (χ0n) is 15.1. The number of hydrogen-bond acceptors (Lipinski definition) is 5. The molecule has 1 unspecified atom stereocenters. The van der Waals surface area contributed by atoms with Gasteiger partial charge in [-0.05, 0) is 43.2 Å². The molecule has 138 valence electrons. The fourth-order valence-electron chi connectivity index (χ4n) is 3.79. The third-order valence-electron chi connectivity index (χ3n) is 5.16. The molecule has 0 fully saturated rings. The highest BCUT2D eigenvalue weighted by Crippen LogP contribution is 2.39. The van der Waals surface area contributed by atoms with Crippen molar-refractivity contribution in [2.75, 3.05) is 19.8 Å². The van der Waals surface area contributed by atoms with Gasteiger partial charge in [0.2, 0.25) is 0 Å². The largest absolute Gasteiger partial charge is 0.397 e. The fourth-order valence-corrected chi connectivity index (χ4v) is 3.79. The SMILES string of the molecule is NC1=CC=C2N=CC=CC23C1=NCN3CCCCNC(=O)c1ccccc1. The number of nitrogens with zero attached hydrogens (tertiary/aromatic N) is 3. The Hall–Kier alpha value is -2.99. The number of allylic oxidation sites excluding steroid dienone is 3. The quantitative estimate of drug-likeness (QED) is 0.761. The summed E-state index contributed by atoms with van der Waals surface area (Å²) in [6, 6.07) is 9.29. The highest BCUT2D eigenvalue weighted by molar-refractivity contribution is 6.13. The van der Waals surface area contributed by atoms with E-state index in [1.807, 2.05) is 48.6 Å². The first-order valence-electron chi connectivity index (χ1n) is 9.25. The zero-order valence-corrected chi connectivity index (χ0v) is 15.1. The normalized spacial score (nSPS) is 23.2. The Morgan fingerprint density at radius 2 is 2.07 bits per heavy atom. The number of carbonyl (C=O) groups is 1. The molecule has 0 radical (unpaired) electrons. The van der Waals surface area contributed by atoms with E-state index in [1.165, 1.54) is 0 Å². The van der Waals surface area contributed by atoms with Gasteiger partial charge in [-0.25, -0.2) is 0 Å². The second-order valence-corrected chi connectivity index (χ2v) is 6.82. The van der Waals surface area contributed by atoms with Gasteiger partial charge in [-0.2, -0.15) is 0 Å². The maximum Gasteiger partial charge on any atom is 0.251 e. The molecule has 6 heteroatoms. The standard InChI is InChI=1S/C21H23N5O/c22-17-9-10-18-21(11-6-13-23-18)19(17)25-15-26(21)14-5-4-12-24-20(27)16-7-2-1-3-8-16/h1-3,6-11,13H,4-5,12,14-15,22H2,(H,24,27). The van der Waals surface area contributed by atoms with Gasteiger partial charge >= 0.3 is 0 Å². The van der Waals surface area contributed by atoms with Gasteiger partial charge in [0.1, 0.15) is 5.54 Å². The Bertz CT molecular complexity index is 881. The van der Waals surface area contributed by atoms with E-state index in [-0.39, 0.29) is 5.91 Å². The molecule has 6 nitrogen and oxygen atoms in total. The number of amides is 1. The lowest BCUT2D eigenvalue weighted by Gasteiger charge is -2.40. The molecular formula is C21H23N5O. The van der Waals surface area contributed by atoms with Crippen LogP contribution < -0.4 is 11.1 Å². The van der Waals surface area contributed by atoms with Crippen molar-refractivity contribution in [3.05, 3.63) is 71.6 Å². The second kappa shape index (κ2) is 7.32. The van der Waals surface area contributed by atoms with Gasteiger partial charge in [-0.15, -0.1) is 0 Å². The Balaban J connectivity index is 1.32. The van der Waals surface area contributed by atoms with Crippen molar-refractivity contribution < 1.29 is 4.79 Å². The molecule has 0 aromatic heterocycles. The van der Waals surface area contributed by atoms with Gasteiger partial charge in [0, 0.05) is 24.9 Å². The molecule has 0 bridgehead atoms. The molecule has 27 heavy (non-hydrogen) atoms. The molecule has 1 aliphatic carbocycles. The average Bonchev–Trinajstić information content (AvgIpc) is 3.07. The topological polar surface area (TPSA) is 83.1 Å². The maximum absolute atomic E-state index is 12.1. The fraction of sp³-hybridized carbons (Fsp3) is 0.286. The Morgan fingerprint density at radius 1 is 1.22 bits per heavy atom. The smallest absolute Gasteiger partial charge is 0.251 e. The summed E-state index contributed by atoms with van der Waals surface area (Å²) in [5.41, 5.74) is 9.00. The molecule has 3 aliphatic rings. The molecule has 1 spiro atoms. The molecule has 0 saturated heterocycles. The minimum Gasteiger partial charge on any atom is -0.397 e. The number of carbonyl (C=O) groups excluding carboxylic acids is 1. The lowest BCUT2D eigenvalue weighted by Crippen LogP contribution is -2.53. The Labute approximate surface area is 158 Å². The first-order chi connectivity index (χ1) is 13.2. The number of hydrogen-bond donors (Lipinski definition) is 2. The van der Waals surface area contributed by atoms with Crippen LogP contribution in [-0.4, -0.2) is 48.0 Å². The number of dihydropyridines is 1. The van der Waals surface area contributed by atoms with Crippen molar-refractivity contribution in [1.82, 2.24) is 10.2 Å². The van der Waals surface area contributed by atoms with Gasteiger partial charge in [0.05, 0.1) is 23.8 Å². The number of benzene rings is 1. The van der Waals surface area contributed by atoms with Gasteiger partial charge < -0.3 is 11.1 Å². The van der Waals surface area contributed by atoms with E-state index < -0.39 is 5.54 Å². The molecule has 1 amide bonds. The minimum atomic E-state index is -0.430. The molecule has 1 atom stereocenters. The third-order valence-corrected chi connectivity index (χ3v) is 5.16. The number of nitrogens with two attached hydrogens (primary N) is 1. The van der Waals surface area contributed by atoms with Gasteiger partial charge in [-0.3, -0.25) is 19.7 Å². The zero-order chi connectivity index (χ0) is 18.7. The second-order valence-electron chi connectivity index (χ2n) is 6.82. The first kappa shape index (κ1) is 17.4. The van der Waals surface area contributed by atoms with E-state index in [0.717, 1.165) is 30.8 Å². The summed E-state index contributed by atoms with van der Waals surface area (Å²) < 4.78 is 0. The Kier molecular flexibility index (Phi) is 4.73. The lowest BCUT2D eigenvalue weighted by atomic mass is 9.82. The molecule has 4 rings (SSSR count). The predicted octanol–water partition coefficient (Wildman–Crippen LogP) is 2.03. The minimum absolute atomic E-state index is 0.0269. The summed E-state index contributed by atoms with van der Waals surface area (Å²) in [5.74, 6) is -0.0269. The summed E-state index contributed by atoms with van der Waals surface area (Å²) >= 11 is 0. The van der Waals surface area contributed by atoms with Crippen LogP contribution in [0.1, 0.15) is 23.2 Å². The number of aliphatic imine (C=N–C) groups is 2. The summed E-state index contributed by atoms with van der Waals surface area (Å²) in [7, 11) is 0. The molecule has 3 N–H and O–H groups in total. The van der Waals surface area contributed by atoms with Crippen LogP contribution in [0, 0.1) is 0 Å². The van der Waals surface area contributed by atoms with Crippen molar-refractivity contribution in [3.8, 4) is 0 Å². The molecule has 2 heterocycles.